The summed E-state index contributed by atoms with van der Waals surface area (Å²) in [5, 5.41) is 1.99. The fourth-order valence-electron chi connectivity index (χ4n) is 4.14. The Balaban J connectivity index is 1.24. The number of piperidine rings is 1. The van der Waals surface area contributed by atoms with Crippen molar-refractivity contribution in [1.29, 1.82) is 0 Å². The molecular weight excluding hydrogens is 380 g/mol. The monoisotopic (exact) mass is 408 g/mol. The standard InChI is InChI=1S/C24H28N2O2S/c27-29(28,24-12-11-21-9-4-5-10-23(21)19-24)25-15-6-16-26-17-13-22(14-18-26)20-7-2-1-3-8-20/h1-5,7-12,19,22,25H,6,13-18H2. The van der Waals surface area contributed by atoms with Crippen molar-refractivity contribution in [1.82, 2.24) is 9.62 Å². The van der Waals surface area contributed by atoms with Gasteiger partial charge in [-0.2, -0.15) is 0 Å². The van der Waals surface area contributed by atoms with Crippen molar-refractivity contribution in [2.24, 2.45) is 0 Å². The maximum Gasteiger partial charge on any atom is 0.240 e. The van der Waals surface area contributed by atoms with Gasteiger partial charge in [0.2, 0.25) is 10.0 Å². The molecular formula is C24H28N2O2S. The smallest absolute Gasteiger partial charge is 0.240 e. The average Bonchev–Trinajstić information content (AvgIpc) is 2.77. The number of hydrogen-bond donors (Lipinski definition) is 1. The van der Waals surface area contributed by atoms with Crippen LogP contribution in [-0.2, 0) is 10.0 Å². The van der Waals surface area contributed by atoms with Crippen LogP contribution in [0.25, 0.3) is 10.8 Å². The molecule has 1 aliphatic heterocycles. The van der Waals surface area contributed by atoms with Crippen LogP contribution < -0.4 is 4.72 Å². The van der Waals surface area contributed by atoms with Gasteiger partial charge in [-0.15, -0.1) is 0 Å². The van der Waals surface area contributed by atoms with Crippen molar-refractivity contribution < 1.29 is 8.42 Å². The maximum atomic E-state index is 12.6. The van der Waals surface area contributed by atoms with Crippen molar-refractivity contribution in [2.75, 3.05) is 26.2 Å². The van der Waals surface area contributed by atoms with E-state index in [-0.39, 0.29) is 0 Å². The molecule has 0 aliphatic carbocycles. The van der Waals surface area contributed by atoms with E-state index in [1.165, 1.54) is 18.4 Å². The molecule has 29 heavy (non-hydrogen) atoms. The van der Waals surface area contributed by atoms with Crippen molar-refractivity contribution in [3.05, 3.63) is 78.4 Å². The molecule has 152 valence electrons. The quantitative estimate of drug-likeness (QED) is 0.590. The van der Waals surface area contributed by atoms with E-state index in [2.05, 4.69) is 40.0 Å². The SMILES string of the molecule is O=S(=O)(NCCCN1CCC(c2ccccc2)CC1)c1ccc2ccccc2c1. The van der Waals surface area contributed by atoms with Gasteiger partial charge in [-0.3, -0.25) is 0 Å². The van der Waals surface area contributed by atoms with Crippen molar-refractivity contribution >= 4 is 20.8 Å². The highest BCUT2D eigenvalue weighted by Crippen LogP contribution is 2.27. The highest BCUT2D eigenvalue weighted by molar-refractivity contribution is 7.89. The second-order valence-corrected chi connectivity index (χ2v) is 9.55. The molecule has 1 aliphatic rings. The molecule has 3 aromatic carbocycles. The minimum atomic E-state index is -3.47. The summed E-state index contributed by atoms with van der Waals surface area (Å²) in [6, 6.07) is 23.8. The third kappa shape index (κ3) is 5.04. The van der Waals surface area contributed by atoms with E-state index in [1.54, 1.807) is 12.1 Å². The van der Waals surface area contributed by atoms with Gasteiger partial charge in [-0.05, 0) is 73.3 Å². The van der Waals surface area contributed by atoms with Gasteiger partial charge in [0.05, 0.1) is 4.90 Å². The van der Waals surface area contributed by atoms with E-state index >= 15 is 0 Å². The second kappa shape index (κ2) is 9.08. The summed E-state index contributed by atoms with van der Waals surface area (Å²) < 4.78 is 28.0. The average molecular weight is 409 g/mol. The maximum absolute atomic E-state index is 12.6. The Kier molecular flexibility index (Phi) is 6.28. The zero-order chi connectivity index (χ0) is 20.1. The summed E-state index contributed by atoms with van der Waals surface area (Å²) in [6.07, 6.45) is 3.17. The molecule has 0 unspecified atom stereocenters. The number of rotatable bonds is 7. The van der Waals surface area contributed by atoms with Gasteiger partial charge < -0.3 is 4.90 Å². The first kappa shape index (κ1) is 20.1. The molecule has 0 aromatic heterocycles. The van der Waals surface area contributed by atoms with Gasteiger partial charge in [-0.25, -0.2) is 13.1 Å². The Morgan fingerprint density at radius 2 is 1.55 bits per heavy atom. The van der Waals surface area contributed by atoms with E-state index in [9.17, 15) is 8.42 Å². The van der Waals surface area contributed by atoms with Crippen LogP contribution in [0.3, 0.4) is 0 Å². The van der Waals surface area contributed by atoms with Crippen LogP contribution in [0.15, 0.2) is 77.7 Å². The molecule has 0 radical (unpaired) electrons. The molecule has 0 saturated carbocycles. The van der Waals surface area contributed by atoms with Crippen LogP contribution in [0.4, 0.5) is 0 Å². The second-order valence-electron chi connectivity index (χ2n) is 7.79. The van der Waals surface area contributed by atoms with Crippen molar-refractivity contribution in [3.8, 4) is 0 Å². The van der Waals surface area contributed by atoms with Crippen LogP contribution in [0.1, 0.15) is 30.7 Å². The van der Waals surface area contributed by atoms with E-state index in [4.69, 9.17) is 0 Å². The molecule has 1 saturated heterocycles. The van der Waals surface area contributed by atoms with E-state index < -0.39 is 10.0 Å². The van der Waals surface area contributed by atoms with Crippen LogP contribution in [0.2, 0.25) is 0 Å². The normalized spacial score (nSPS) is 16.3. The fourth-order valence-corrected chi connectivity index (χ4v) is 5.25. The molecule has 4 nitrogen and oxygen atoms in total. The Hall–Kier alpha value is -2.21. The Bertz CT molecular complexity index is 1040. The Labute approximate surface area is 173 Å². The van der Waals surface area contributed by atoms with Gasteiger partial charge in [0, 0.05) is 6.54 Å². The Morgan fingerprint density at radius 1 is 0.862 bits per heavy atom. The summed E-state index contributed by atoms with van der Waals surface area (Å²) in [6.45, 7) is 3.56. The van der Waals surface area contributed by atoms with Crippen LogP contribution >= 0.6 is 0 Å². The largest absolute Gasteiger partial charge is 0.303 e. The third-order valence-corrected chi connectivity index (χ3v) is 7.29. The third-order valence-electron chi connectivity index (χ3n) is 5.83. The fraction of sp³-hybridized carbons (Fsp3) is 0.333. The van der Waals surface area contributed by atoms with E-state index in [0.717, 1.165) is 36.8 Å². The Morgan fingerprint density at radius 3 is 2.31 bits per heavy atom. The predicted octanol–water partition coefficient (Wildman–Crippen LogP) is 4.39. The zero-order valence-electron chi connectivity index (χ0n) is 16.6. The van der Waals surface area contributed by atoms with Crippen molar-refractivity contribution in [3.63, 3.8) is 0 Å². The first-order chi connectivity index (χ1) is 14.1. The number of nitrogens with one attached hydrogen (secondary N) is 1. The molecule has 0 bridgehead atoms. The predicted molar refractivity (Wildman–Crippen MR) is 119 cm³/mol. The highest BCUT2D eigenvalue weighted by Gasteiger charge is 2.20. The summed E-state index contributed by atoms with van der Waals surface area (Å²) in [5.41, 5.74) is 1.44. The lowest BCUT2D eigenvalue weighted by Gasteiger charge is -2.32. The van der Waals surface area contributed by atoms with Crippen LogP contribution in [-0.4, -0.2) is 39.5 Å². The van der Waals surface area contributed by atoms with Gasteiger partial charge in [-0.1, -0.05) is 60.7 Å². The molecule has 1 fully saturated rings. The highest BCUT2D eigenvalue weighted by atomic mass is 32.2. The summed E-state index contributed by atoms with van der Waals surface area (Å²) in [7, 11) is -3.47. The number of fused-ring (bicyclic) bond motifs is 1. The van der Waals surface area contributed by atoms with Gasteiger partial charge in [0.1, 0.15) is 0 Å². The number of likely N-dealkylation sites (tertiary alicyclic amines) is 1. The molecule has 3 aromatic rings. The van der Waals surface area contributed by atoms with Gasteiger partial charge in [0.15, 0.2) is 0 Å². The van der Waals surface area contributed by atoms with Gasteiger partial charge >= 0.3 is 0 Å². The van der Waals surface area contributed by atoms with Crippen LogP contribution in [0, 0.1) is 0 Å². The molecule has 0 atom stereocenters. The number of nitrogens with zero attached hydrogens (tertiary/aromatic N) is 1. The zero-order valence-corrected chi connectivity index (χ0v) is 17.4. The lowest BCUT2D eigenvalue weighted by Crippen LogP contribution is -2.35. The molecule has 5 heteroatoms. The number of benzene rings is 3. The lowest BCUT2D eigenvalue weighted by atomic mass is 9.89. The van der Waals surface area contributed by atoms with E-state index in [0.29, 0.717) is 17.4 Å². The number of hydrogen-bond acceptors (Lipinski definition) is 3. The topological polar surface area (TPSA) is 49.4 Å². The summed E-state index contributed by atoms with van der Waals surface area (Å²) in [5.74, 6) is 0.652. The van der Waals surface area contributed by atoms with Crippen molar-refractivity contribution in [2.45, 2.75) is 30.1 Å². The summed E-state index contributed by atoms with van der Waals surface area (Å²) >= 11 is 0. The minimum absolute atomic E-state index is 0.333. The first-order valence-corrected chi connectivity index (χ1v) is 11.9. The van der Waals surface area contributed by atoms with E-state index in [1.807, 2.05) is 30.3 Å². The molecule has 0 spiro atoms. The van der Waals surface area contributed by atoms with Gasteiger partial charge in [0.25, 0.3) is 0 Å². The summed E-state index contributed by atoms with van der Waals surface area (Å²) in [4.78, 5) is 2.78. The first-order valence-electron chi connectivity index (χ1n) is 10.4. The molecule has 4 rings (SSSR count). The number of sulfonamides is 1. The van der Waals surface area contributed by atoms with Crippen LogP contribution in [0.5, 0.6) is 0 Å². The lowest BCUT2D eigenvalue weighted by molar-refractivity contribution is 0.210. The molecule has 1 N–H and O–H groups in total. The molecule has 1 heterocycles. The minimum Gasteiger partial charge on any atom is -0.303 e. The molecule has 0 amide bonds.